The molecule has 6 heteroatoms. The summed E-state index contributed by atoms with van der Waals surface area (Å²) in [5, 5.41) is 17.3. The summed E-state index contributed by atoms with van der Waals surface area (Å²) >= 11 is 0. The van der Waals surface area contributed by atoms with Crippen LogP contribution in [0.15, 0.2) is 18.3 Å². The molecule has 0 aromatic carbocycles. The van der Waals surface area contributed by atoms with E-state index in [0.29, 0.717) is 0 Å². The van der Waals surface area contributed by atoms with E-state index < -0.39 is 22.7 Å². The van der Waals surface area contributed by atoms with Gasteiger partial charge in [-0.2, -0.15) is 5.26 Å². The Hall–Kier alpha value is -1.74. The Balaban J connectivity index is 2.62. The highest BCUT2D eigenvalue weighted by atomic mass is 32.2. The van der Waals surface area contributed by atoms with Gasteiger partial charge in [0, 0.05) is 28.5 Å². The van der Waals surface area contributed by atoms with Crippen molar-refractivity contribution < 1.29 is 14.1 Å². The Labute approximate surface area is 102 Å². The Morgan fingerprint density at radius 3 is 3.00 bits per heavy atom. The van der Waals surface area contributed by atoms with E-state index in [0.717, 1.165) is 5.56 Å². The van der Waals surface area contributed by atoms with E-state index in [1.807, 2.05) is 6.07 Å². The Bertz CT molecular complexity index is 482. The number of hydrogen-bond acceptors (Lipinski definition) is 4. The molecular weight excluding hydrogens is 240 g/mol. The van der Waals surface area contributed by atoms with Crippen LogP contribution in [0.1, 0.15) is 18.2 Å². The van der Waals surface area contributed by atoms with Crippen LogP contribution < -0.4 is 0 Å². The maximum atomic E-state index is 11.7. The highest BCUT2D eigenvalue weighted by Crippen LogP contribution is 2.07. The first kappa shape index (κ1) is 13.3. The van der Waals surface area contributed by atoms with Gasteiger partial charge in [0.15, 0.2) is 0 Å². The van der Waals surface area contributed by atoms with Crippen LogP contribution in [-0.4, -0.2) is 26.0 Å². The largest absolute Gasteiger partial charge is 0.481 e. The van der Waals surface area contributed by atoms with Crippen molar-refractivity contribution >= 4 is 16.8 Å². The molecule has 17 heavy (non-hydrogen) atoms. The lowest BCUT2D eigenvalue weighted by Gasteiger charge is -2.06. The van der Waals surface area contributed by atoms with E-state index in [1.165, 1.54) is 13.1 Å². The molecule has 2 unspecified atom stereocenters. The molecule has 1 aromatic rings. The Kier molecular flexibility index (Phi) is 4.79. The molecular formula is C11H12N2O3S. The monoisotopic (exact) mass is 252 g/mol. The fourth-order valence-corrected chi connectivity index (χ4v) is 2.59. The van der Waals surface area contributed by atoms with E-state index in [1.54, 1.807) is 12.1 Å². The van der Waals surface area contributed by atoms with Gasteiger partial charge in [-0.3, -0.25) is 9.00 Å². The van der Waals surface area contributed by atoms with Crippen LogP contribution in [0.4, 0.5) is 0 Å². The molecule has 0 aliphatic rings. The summed E-state index contributed by atoms with van der Waals surface area (Å²) in [4.78, 5) is 14.4. The lowest BCUT2D eigenvalue weighted by Crippen LogP contribution is -2.18. The van der Waals surface area contributed by atoms with Crippen LogP contribution in [0, 0.1) is 17.2 Å². The van der Waals surface area contributed by atoms with Crippen molar-refractivity contribution in [2.45, 2.75) is 12.7 Å². The van der Waals surface area contributed by atoms with Crippen molar-refractivity contribution in [3.63, 3.8) is 0 Å². The van der Waals surface area contributed by atoms with Crippen LogP contribution >= 0.6 is 0 Å². The molecule has 1 heterocycles. The third kappa shape index (κ3) is 4.33. The number of aromatic nitrogens is 1. The summed E-state index contributed by atoms with van der Waals surface area (Å²) < 4.78 is 11.7. The molecule has 0 spiro atoms. The number of nitriles is 1. The van der Waals surface area contributed by atoms with Crippen molar-refractivity contribution in [1.29, 1.82) is 5.26 Å². The summed E-state index contributed by atoms with van der Waals surface area (Å²) in [5.41, 5.74) is 0.998. The van der Waals surface area contributed by atoms with Crippen LogP contribution in [0.5, 0.6) is 0 Å². The zero-order valence-electron chi connectivity index (χ0n) is 9.29. The fourth-order valence-electron chi connectivity index (χ4n) is 1.22. The van der Waals surface area contributed by atoms with Crippen molar-refractivity contribution in [3.05, 3.63) is 29.6 Å². The zero-order valence-corrected chi connectivity index (χ0v) is 10.1. The normalized spacial score (nSPS) is 13.6. The molecule has 2 atom stereocenters. The number of carbonyl (C=O) groups is 1. The molecule has 0 aliphatic heterocycles. The minimum atomic E-state index is -1.25. The van der Waals surface area contributed by atoms with Gasteiger partial charge < -0.3 is 5.11 Å². The van der Waals surface area contributed by atoms with Crippen molar-refractivity contribution in [2.75, 3.05) is 5.75 Å². The maximum Gasteiger partial charge on any atom is 0.307 e. The molecule has 0 saturated heterocycles. The third-order valence-corrected chi connectivity index (χ3v) is 3.65. The molecule has 1 N–H and O–H groups in total. The lowest BCUT2D eigenvalue weighted by atomic mass is 10.2. The van der Waals surface area contributed by atoms with Gasteiger partial charge in [0.25, 0.3) is 0 Å². The minimum absolute atomic E-state index is 0.111. The summed E-state index contributed by atoms with van der Waals surface area (Å²) in [7, 11) is -1.25. The first-order valence-electron chi connectivity index (χ1n) is 4.95. The van der Waals surface area contributed by atoms with Crippen molar-refractivity contribution in [1.82, 2.24) is 4.98 Å². The first-order chi connectivity index (χ1) is 8.02. The van der Waals surface area contributed by atoms with Gasteiger partial charge >= 0.3 is 5.97 Å². The van der Waals surface area contributed by atoms with E-state index >= 15 is 0 Å². The topological polar surface area (TPSA) is 91.0 Å². The molecule has 0 bridgehead atoms. The van der Waals surface area contributed by atoms with Crippen LogP contribution in [0.3, 0.4) is 0 Å². The molecule has 0 fully saturated rings. The van der Waals surface area contributed by atoms with Crippen LogP contribution in [0.25, 0.3) is 0 Å². The predicted molar refractivity (Wildman–Crippen MR) is 62.5 cm³/mol. The lowest BCUT2D eigenvalue weighted by molar-refractivity contribution is -0.140. The summed E-state index contributed by atoms with van der Waals surface area (Å²) in [5.74, 6) is -1.23. The second-order valence-corrected chi connectivity index (χ2v) is 5.15. The number of rotatable bonds is 5. The quantitative estimate of drug-likeness (QED) is 0.841. The smallest absolute Gasteiger partial charge is 0.307 e. The van der Waals surface area contributed by atoms with Crippen LogP contribution in [0.2, 0.25) is 0 Å². The molecule has 1 rings (SSSR count). The maximum absolute atomic E-state index is 11.7. The molecule has 1 aromatic heterocycles. The van der Waals surface area contributed by atoms with Crippen LogP contribution in [-0.2, 0) is 21.3 Å². The molecule has 0 saturated carbocycles. The van der Waals surface area contributed by atoms with E-state index in [4.69, 9.17) is 10.4 Å². The second-order valence-electron chi connectivity index (χ2n) is 3.65. The number of nitrogens with zero attached hydrogens (tertiary/aromatic N) is 2. The van der Waals surface area contributed by atoms with Gasteiger partial charge in [0.1, 0.15) is 11.8 Å². The standard InChI is InChI=1S/C11H12N2O3S/c1-8(11(14)15)6-17(16)7-9-2-3-13-10(4-9)5-12/h2-4,8H,6-7H2,1H3,(H,14,15). The SMILES string of the molecule is CC(CS(=O)Cc1ccnc(C#N)c1)C(=O)O. The van der Waals surface area contributed by atoms with E-state index in [9.17, 15) is 9.00 Å². The highest BCUT2D eigenvalue weighted by molar-refractivity contribution is 7.84. The fraction of sp³-hybridized carbons (Fsp3) is 0.364. The molecule has 0 radical (unpaired) electrons. The van der Waals surface area contributed by atoms with Crippen molar-refractivity contribution in [3.8, 4) is 6.07 Å². The number of hydrogen-bond donors (Lipinski definition) is 1. The molecule has 0 aliphatic carbocycles. The number of carboxylic acids is 1. The van der Waals surface area contributed by atoms with Gasteiger partial charge in [0.05, 0.1) is 5.92 Å². The van der Waals surface area contributed by atoms with Gasteiger partial charge in [-0.15, -0.1) is 0 Å². The molecule has 90 valence electrons. The average molecular weight is 252 g/mol. The van der Waals surface area contributed by atoms with E-state index in [-0.39, 0.29) is 17.2 Å². The highest BCUT2D eigenvalue weighted by Gasteiger charge is 2.15. The van der Waals surface area contributed by atoms with E-state index in [2.05, 4.69) is 4.98 Å². The third-order valence-electron chi connectivity index (χ3n) is 2.12. The number of aliphatic carboxylic acids is 1. The molecule has 5 nitrogen and oxygen atoms in total. The average Bonchev–Trinajstić information content (AvgIpc) is 2.28. The minimum Gasteiger partial charge on any atom is -0.481 e. The van der Waals surface area contributed by atoms with Gasteiger partial charge in [-0.05, 0) is 17.7 Å². The van der Waals surface area contributed by atoms with Gasteiger partial charge in [0.2, 0.25) is 0 Å². The zero-order chi connectivity index (χ0) is 12.8. The summed E-state index contributed by atoms with van der Waals surface area (Å²) in [6.45, 7) is 1.52. The summed E-state index contributed by atoms with van der Waals surface area (Å²) in [6.07, 6.45) is 1.48. The van der Waals surface area contributed by atoms with Crippen molar-refractivity contribution in [2.24, 2.45) is 5.92 Å². The van der Waals surface area contributed by atoms with Gasteiger partial charge in [-0.1, -0.05) is 6.92 Å². The predicted octanol–water partition coefficient (Wildman–Crippen LogP) is 0.923. The summed E-state index contributed by atoms with van der Waals surface area (Å²) in [6, 6.07) is 5.13. The second kappa shape index (κ2) is 6.11. The van der Waals surface area contributed by atoms with Gasteiger partial charge in [-0.25, -0.2) is 4.98 Å². The number of carboxylic acid groups (broad SMARTS) is 1. The first-order valence-corrected chi connectivity index (χ1v) is 6.44. The Morgan fingerprint density at radius 2 is 2.41 bits per heavy atom. The number of pyridine rings is 1. The molecule has 0 amide bonds. The Morgan fingerprint density at radius 1 is 1.71 bits per heavy atom.